The highest BCUT2D eigenvalue weighted by molar-refractivity contribution is 14.0. The fraction of sp³-hybridized carbons (Fsp3) is 0.737. The zero-order chi connectivity index (χ0) is 18.1. The van der Waals surface area contributed by atoms with Crippen molar-refractivity contribution in [2.75, 3.05) is 52.4 Å². The van der Waals surface area contributed by atoms with Crippen LogP contribution < -0.4 is 10.6 Å². The maximum atomic E-state index is 4.78. The van der Waals surface area contributed by atoms with Crippen molar-refractivity contribution in [1.29, 1.82) is 0 Å². The van der Waals surface area contributed by atoms with E-state index in [4.69, 9.17) is 4.99 Å². The third-order valence-corrected chi connectivity index (χ3v) is 5.65. The number of piperazine rings is 1. The summed E-state index contributed by atoms with van der Waals surface area (Å²) in [6.45, 7) is 17.4. The first-order valence-corrected chi connectivity index (χ1v) is 10.5. The summed E-state index contributed by atoms with van der Waals surface area (Å²) in [4.78, 5) is 12.6. The largest absolute Gasteiger partial charge is 0.357 e. The van der Waals surface area contributed by atoms with E-state index < -0.39 is 0 Å². The number of nitrogens with zero attached hydrogens (tertiary/aromatic N) is 3. The molecular weight excluding hydrogens is 457 g/mol. The SMILES string of the molecule is CCNC(=NCCN1CCN(CC)CC1)NC(C)Cc1ccc(C)s1.I. The lowest BCUT2D eigenvalue weighted by molar-refractivity contribution is 0.140. The molecule has 26 heavy (non-hydrogen) atoms. The Labute approximate surface area is 180 Å². The summed E-state index contributed by atoms with van der Waals surface area (Å²) < 4.78 is 0. The predicted molar refractivity (Wildman–Crippen MR) is 125 cm³/mol. The second-order valence-electron chi connectivity index (χ2n) is 6.80. The van der Waals surface area contributed by atoms with Gasteiger partial charge in [-0.3, -0.25) is 9.89 Å². The van der Waals surface area contributed by atoms with Crippen LogP contribution in [-0.2, 0) is 6.42 Å². The first-order valence-electron chi connectivity index (χ1n) is 9.65. The molecule has 0 radical (unpaired) electrons. The van der Waals surface area contributed by atoms with Crippen LogP contribution in [0, 0.1) is 6.92 Å². The standard InChI is InChI=1S/C19H35N5S.HI/c1-5-20-19(22-16(3)15-18-8-7-17(4)25-18)21-9-10-24-13-11-23(6-2)12-14-24;/h7-8,16H,5-6,9-15H2,1-4H3,(H2,20,21,22);1H. The van der Waals surface area contributed by atoms with Gasteiger partial charge < -0.3 is 15.5 Å². The molecule has 0 spiro atoms. The van der Waals surface area contributed by atoms with Crippen molar-refractivity contribution in [1.82, 2.24) is 20.4 Å². The van der Waals surface area contributed by atoms with E-state index in [1.54, 1.807) is 0 Å². The Hall–Kier alpha value is -0.380. The van der Waals surface area contributed by atoms with E-state index in [0.29, 0.717) is 6.04 Å². The smallest absolute Gasteiger partial charge is 0.191 e. The van der Waals surface area contributed by atoms with E-state index in [-0.39, 0.29) is 24.0 Å². The van der Waals surface area contributed by atoms with Crippen molar-refractivity contribution in [3.8, 4) is 0 Å². The third-order valence-electron chi connectivity index (χ3n) is 4.63. The minimum absolute atomic E-state index is 0. The van der Waals surface area contributed by atoms with Gasteiger partial charge in [0, 0.05) is 61.5 Å². The molecule has 1 fully saturated rings. The zero-order valence-electron chi connectivity index (χ0n) is 16.8. The average Bonchev–Trinajstić information content (AvgIpc) is 3.00. The normalized spacial score (nSPS) is 17.6. The molecule has 1 aliphatic rings. The monoisotopic (exact) mass is 493 g/mol. The highest BCUT2D eigenvalue weighted by atomic mass is 127. The number of hydrogen-bond acceptors (Lipinski definition) is 4. The van der Waals surface area contributed by atoms with Crippen LogP contribution in [0.5, 0.6) is 0 Å². The molecule has 7 heteroatoms. The molecule has 1 aromatic heterocycles. The van der Waals surface area contributed by atoms with Crippen LogP contribution in [0.15, 0.2) is 17.1 Å². The molecule has 5 nitrogen and oxygen atoms in total. The molecule has 0 amide bonds. The fourth-order valence-corrected chi connectivity index (χ4v) is 4.15. The molecule has 0 aliphatic carbocycles. The van der Waals surface area contributed by atoms with Crippen molar-refractivity contribution >= 4 is 41.3 Å². The van der Waals surface area contributed by atoms with Crippen molar-refractivity contribution in [3.63, 3.8) is 0 Å². The second-order valence-corrected chi connectivity index (χ2v) is 8.17. The maximum absolute atomic E-state index is 4.78. The number of hydrogen-bond donors (Lipinski definition) is 2. The van der Waals surface area contributed by atoms with Crippen molar-refractivity contribution in [2.45, 2.75) is 40.2 Å². The van der Waals surface area contributed by atoms with Gasteiger partial charge in [0.25, 0.3) is 0 Å². The zero-order valence-corrected chi connectivity index (χ0v) is 19.9. The lowest BCUT2D eigenvalue weighted by atomic mass is 10.2. The van der Waals surface area contributed by atoms with E-state index in [1.807, 2.05) is 11.3 Å². The van der Waals surface area contributed by atoms with Gasteiger partial charge in [-0.15, -0.1) is 35.3 Å². The number of thiophene rings is 1. The van der Waals surface area contributed by atoms with Crippen LogP contribution in [0.4, 0.5) is 0 Å². The summed E-state index contributed by atoms with van der Waals surface area (Å²) in [5.41, 5.74) is 0. The molecule has 2 rings (SSSR count). The Bertz CT molecular complexity index is 526. The van der Waals surface area contributed by atoms with Crippen molar-refractivity contribution in [2.24, 2.45) is 4.99 Å². The molecule has 0 saturated carbocycles. The van der Waals surface area contributed by atoms with Gasteiger partial charge in [-0.05, 0) is 39.4 Å². The van der Waals surface area contributed by atoms with Gasteiger partial charge in [-0.1, -0.05) is 6.92 Å². The topological polar surface area (TPSA) is 42.9 Å². The van der Waals surface area contributed by atoms with Crippen LogP contribution in [0.25, 0.3) is 0 Å². The number of guanidine groups is 1. The molecule has 0 aromatic carbocycles. The molecule has 1 saturated heterocycles. The van der Waals surface area contributed by atoms with Crippen LogP contribution >= 0.6 is 35.3 Å². The molecule has 1 atom stereocenters. The number of nitrogens with one attached hydrogen (secondary N) is 2. The Morgan fingerprint density at radius 2 is 1.88 bits per heavy atom. The highest BCUT2D eigenvalue weighted by Gasteiger charge is 2.14. The summed E-state index contributed by atoms with van der Waals surface area (Å²) in [5, 5.41) is 6.92. The van der Waals surface area contributed by atoms with Crippen LogP contribution in [0.2, 0.25) is 0 Å². The molecule has 1 aliphatic heterocycles. The second kappa shape index (κ2) is 12.9. The van der Waals surface area contributed by atoms with Gasteiger partial charge in [0.15, 0.2) is 5.96 Å². The number of halogens is 1. The number of likely N-dealkylation sites (N-methyl/N-ethyl adjacent to an activating group) is 1. The molecule has 150 valence electrons. The van der Waals surface area contributed by atoms with Crippen LogP contribution in [-0.4, -0.2) is 74.2 Å². The van der Waals surface area contributed by atoms with Gasteiger partial charge in [0.1, 0.15) is 0 Å². The summed E-state index contributed by atoms with van der Waals surface area (Å²) in [5.74, 6) is 0.940. The Morgan fingerprint density at radius 1 is 1.19 bits per heavy atom. The molecule has 1 aromatic rings. The fourth-order valence-electron chi connectivity index (χ4n) is 3.13. The van der Waals surface area contributed by atoms with Crippen molar-refractivity contribution < 1.29 is 0 Å². The minimum atomic E-state index is 0. The third kappa shape index (κ3) is 8.54. The van der Waals surface area contributed by atoms with E-state index in [0.717, 1.165) is 32.0 Å². The van der Waals surface area contributed by atoms with E-state index >= 15 is 0 Å². The summed E-state index contributed by atoms with van der Waals surface area (Å²) in [7, 11) is 0. The quantitative estimate of drug-likeness (QED) is 0.332. The average molecular weight is 494 g/mol. The predicted octanol–water partition coefficient (Wildman–Crippen LogP) is 2.80. The summed E-state index contributed by atoms with van der Waals surface area (Å²) in [6.07, 6.45) is 1.04. The lowest BCUT2D eigenvalue weighted by Gasteiger charge is -2.33. The Balaban J connectivity index is 0.00000338. The van der Waals surface area contributed by atoms with Crippen LogP contribution in [0.3, 0.4) is 0 Å². The molecule has 2 N–H and O–H groups in total. The van der Waals surface area contributed by atoms with Gasteiger partial charge in [0.2, 0.25) is 0 Å². The van der Waals surface area contributed by atoms with E-state index in [9.17, 15) is 0 Å². The number of rotatable bonds is 8. The first kappa shape index (κ1) is 23.7. The molecule has 2 heterocycles. The van der Waals surface area contributed by atoms with E-state index in [2.05, 4.69) is 60.3 Å². The number of aliphatic imine (C=N–C) groups is 1. The first-order chi connectivity index (χ1) is 12.1. The van der Waals surface area contributed by atoms with Gasteiger partial charge in [-0.2, -0.15) is 0 Å². The summed E-state index contributed by atoms with van der Waals surface area (Å²) >= 11 is 1.88. The van der Waals surface area contributed by atoms with Gasteiger partial charge in [0.05, 0.1) is 6.54 Å². The Morgan fingerprint density at radius 3 is 2.46 bits per heavy atom. The van der Waals surface area contributed by atoms with Gasteiger partial charge >= 0.3 is 0 Å². The maximum Gasteiger partial charge on any atom is 0.191 e. The lowest BCUT2D eigenvalue weighted by Crippen LogP contribution is -2.47. The van der Waals surface area contributed by atoms with E-state index in [1.165, 1.54) is 42.5 Å². The summed E-state index contributed by atoms with van der Waals surface area (Å²) in [6, 6.07) is 4.81. The molecular formula is C19H36IN5S. The number of aryl methyl sites for hydroxylation is 1. The van der Waals surface area contributed by atoms with Crippen molar-refractivity contribution in [3.05, 3.63) is 21.9 Å². The minimum Gasteiger partial charge on any atom is -0.357 e. The molecule has 0 bridgehead atoms. The Kier molecular flexibility index (Phi) is 11.7. The van der Waals surface area contributed by atoms with Crippen LogP contribution in [0.1, 0.15) is 30.5 Å². The molecule has 1 unspecified atom stereocenters. The van der Waals surface area contributed by atoms with Gasteiger partial charge in [-0.25, -0.2) is 0 Å². The highest BCUT2D eigenvalue weighted by Crippen LogP contribution is 2.16.